The summed E-state index contributed by atoms with van der Waals surface area (Å²) in [5.74, 6) is 0.881. The van der Waals surface area contributed by atoms with Crippen LogP contribution in [0.4, 0.5) is 11.5 Å². The molecule has 0 bridgehead atoms. The third-order valence-corrected chi connectivity index (χ3v) is 3.94. The smallest absolute Gasteiger partial charge is 0.270 e. The minimum Gasteiger partial charge on any atom is -0.353 e. The summed E-state index contributed by atoms with van der Waals surface area (Å²) >= 11 is 0. The highest BCUT2D eigenvalue weighted by atomic mass is 16.6. The number of carbonyl (C=O) groups excluding carboxylic acids is 1. The van der Waals surface area contributed by atoms with Crippen LogP contribution in [0.25, 0.3) is 10.9 Å². The molecule has 0 saturated carbocycles. The Hall–Kier alpha value is -2.70. The van der Waals surface area contributed by atoms with Gasteiger partial charge in [-0.15, -0.1) is 0 Å². The van der Waals surface area contributed by atoms with Gasteiger partial charge in [-0.25, -0.2) is 4.98 Å². The number of aromatic nitrogens is 1. The van der Waals surface area contributed by atoms with Gasteiger partial charge in [0.15, 0.2) is 0 Å². The molecule has 2 heterocycles. The molecule has 114 valence electrons. The second kappa shape index (κ2) is 5.59. The SMILES string of the molecule is Cc1cc2cc([N+](=O)[O-])ccc2nc1N1CCN(C=O)CC1. The molecule has 7 nitrogen and oxygen atoms in total. The molecule has 7 heteroatoms. The summed E-state index contributed by atoms with van der Waals surface area (Å²) in [6.45, 7) is 4.80. The molecular weight excluding hydrogens is 284 g/mol. The topological polar surface area (TPSA) is 79.6 Å². The molecule has 0 aliphatic carbocycles. The number of nitro groups is 1. The minimum atomic E-state index is -0.401. The molecule has 22 heavy (non-hydrogen) atoms. The first-order chi connectivity index (χ1) is 10.6. The van der Waals surface area contributed by atoms with E-state index in [9.17, 15) is 14.9 Å². The first kappa shape index (κ1) is 14.2. The van der Waals surface area contributed by atoms with E-state index in [2.05, 4.69) is 9.88 Å². The maximum absolute atomic E-state index is 10.8. The Balaban J connectivity index is 1.94. The molecule has 1 fully saturated rings. The van der Waals surface area contributed by atoms with Crippen molar-refractivity contribution in [1.82, 2.24) is 9.88 Å². The lowest BCUT2D eigenvalue weighted by Crippen LogP contribution is -2.46. The number of non-ortho nitro benzene ring substituents is 1. The number of hydrogen-bond acceptors (Lipinski definition) is 5. The second-order valence-corrected chi connectivity index (χ2v) is 5.39. The Morgan fingerprint density at radius 2 is 1.95 bits per heavy atom. The van der Waals surface area contributed by atoms with E-state index in [0.29, 0.717) is 13.1 Å². The number of nitrogens with zero attached hydrogens (tertiary/aromatic N) is 4. The van der Waals surface area contributed by atoms with Crippen molar-refractivity contribution >= 4 is 28.8 Å². The quantitative estimate of drug-likeness (QED) is 0.490. The number of rotatable bonds is 3. The Labute approximate surface area is 127 Å². The number of anilines is 1. The van der Waals surface area contributed by atoms with Crippen LogP contribution >= 0.6 is 0 Å². The molecule has 0 spiro atoms. The lowest BCUT2D eigenvalue weighted by Gasteiger charge is -2.34. The van der Waals surface area contributed by atoms with Crippen molar-refractivity contribution in [3.05, 3.63) is 39.9 Å². The van der Waals surface area contributed by atoms with Crippen molar-refractivity contribution in [2.45, 2.75) is 6.92 Å². The monoisotopic (exact) mass is 300 g/mol. The van der Waals surface area contributed by atoms with Crippen LogP contribution in [-0.4, -0.2) is 47.4 Å². The van der Waals surface area contributed by atoms with E-state index >= 15 is 0 Å². The molecule has 1 amide bonds. The van der Waals surface area contributed by atoms with Crippen LogP contribution in [0.2, 0.25) is 0 Å². The van der Waals surface area contributed by atoms with Gasteiger partial charge in [-0.1, -0.05) is 0 Å². The molecule has 2 aromatic rings. The molecule has 0 atom stereocenters. The van der Waals surface area contributed by atoms with Crippen LogP contribution in [0.15, 0.2) is 24.3 Å². The van der Waals surface area contributed by atoms with Crippen LogP contribution in [0.3, 0.4) is 0 Å². The van der Waals surface area contributed by atoms with Crippen molar-refractivity contribution in [1.29, 1.82) is 0 Å². The number of carbonyl (C=O) groups is 1. The van der Waals surface area contributed by atoms with E-state index in [4.69, 9.17) is 0 Å². The van der Waals surface area contributed by atoms with E-state index < -0.39 is 4.92 Å². The number of fused-ring (bicyclic) bond motifs is 1. The van der Waals surface area contributed by atoms with E-state index in [1.807, 2.05) is 13.0 Å². The fraction of sp³-hybridized carbons (Fsp3) is 0.333. The Morgan fingerprint density at radius 3 is 2.59 bits per heavy atom. The highest BCUT2D eigenvalue weighted by Gasteiger charge is 2.19. The van der Waals surface area contributed by atoms with Gasteiger partial charge in [-0.3, -0.25) is 14.9 Å². The third-order valence-electron chi connectivity index (χ3n) is 3.94. The Morgan fingerprint density at radius 1 is 1.23 bits per heavy atom. The summed E-state index contributed by atoms with van der Waals surface area (Å²) in [7, 11) is 0. The zero-order valence-corrected chi connectivity index (χ0v) is 12.2. The van der Waals surface area contributed by atoms with Gasteiger partial charge in [-0.05, 0) is 24.6 Å². The van der Waals surface area contributed by atoms with Gasteiger partial charge in [-0.2, -0.15) is 0 Å². The maximum atomic E-state index is 10.8. The number of amides is 1. The standard InChI is InChI=1S/C15H16N4O3/c1-11-8-12-9-13(19(21)22)2-3-14(12)16-15(11)18-6-4-17(10-20)5-7-18/h2-3,8-10H,4-7H2,1H3. The maximum Gasteiger partial charge on any atom is 0.270 e. The van der Waals surface area contributed by atoms with Gasteiger partial charge in [0.25, 0.3) is 5.69 Å². The van der Waals surface area contributed by atoms with Crippen LogP contribution in [0.5, 0.6) is 0 Å². The molecule has 0 unspecified atom stereocenters. The molecule has 0 radical (unpaired) electrons. The molecule has 0 N–H and O–H groups in total. The summed E-state index contributed by atoms with van der Waals surface area (Å²) < 4.78 is 0. The minimum absolute atomic E-state index is 0.0704. The Kier molecular flexibility index (Phi) is 3.62. The van der Waals surface area contributed by atoms with Crippen LogP contribution < -0.4 is 4.90 Å². The van der Waals surface area contributed by atoms with Crippen molar-refractivity contribution < 1.29 is 9.72 Å². The van der Waals surface area contributed by atoms with Gasteiger partial charge in [0.05, 0.1) is 10.4 Å². The predicted molar refractivity (Wildman–Crippen MR) is 83.0 cm³/mol. The lowest BCUT2D eigenvalue weighted by molar-refractivity contribution is -0.384. The van der Waals surface area contributed by atoms with Crippen molar-refractivity contribution in [3.8, 4) is 0 Å². The second-order valence-electron chi connectivity index (χ2n) is 5.39. The largest absolute Gasteiger partial charge is 0.353 e. The van der Waals surface area contributed by atoms with Gasteiger partial charge >= 0.3 is 0 Å². The first-order valence-electron chi connectivity index (χ1n) is 7.08. The lowest BCUT2D eigenvalue weighted by atomic mass is 10.1. The van der Waals surface area contributed by atoms with E-state index in [1.54, 1.807) is 17.0 Å². The summed E-state index contributed by atoms with van der Waals surface area (Å²) in [6.07, 6.45) is 0.872. The molecule has 1 saturated heterocycles. The Bertz CT molecular complexity index is 739. The van der Waals surface area contributed by atoms with Crippen molar-refractivity contribution in [2.24, 2.45) is 0 Å². The number of hydrogen-bond donors (Lipinski definition) is 0. The van der Waals surface area contributed by atoms with E-state index in [1.165, 1.54) is 6.07 Å². The predicted octanol–water partition coefficient (Wildman–Crippen LogP) is 1.73. The fourth-order valence-electron chi connectivity index (χ4n) is 2.73. The van der Waals surface area contributed by atoms with E-state index in [-0.39, 0.29) is 5.69 Å². The van der Waals surface area contributed by atoms with Gasteiger partial charge in [0.1, 0.15) is 5.82 Å². The van der Waals surface area contributed by atoms with Gasteiger partial charge in [0, 0.05) is 43.7 Å². The number of aryl methyl sites for hydroxylation is 1. The van der Waals surface area contributed by atoms with Crippen LogP contribution in [0, 0.1) is 17.0 Å². The number of benzene rings is 1. The van der Waals surface area contributed by atoms with Gasteiger partial charge < -0.3 is 9.80 Å². The van der Waals surface area contributed by atoms with Gasteiger partial charge in [0.2, 0.25) is 6.41 Å². The summed E-state index contributed by atoms with van der Waals surface area (Å²) in [5.41, 5.74) is 1.79. The number of nitro benzene ring substituents is 1. The summed E-state index contributed by atoms with van der Waals surface area (Å²) in [5, 5.41) is 11.6. The highest BCUT2D eigenvalue weighted by Crippen LogP contribution is 2.26. The third kappa shape index (κ3) is 2.57. The normalized spacial score (nSPS) is 15.1. The number of pyridine rings is 1. The molecule has 1 aromatic heterocycles. The molecule has 1 aliphatic rings. The zero-order chi connectivity index (χ0) is 15.7. The highest BCUT2D eigenvalue weighted by molar-refractivity contribution is 5.84. The first-order valence-corrected chi connectivity index (χ1v) is 7.08. The molecule has 3 rings (SSSR count). The molecule has 1 aromatic carbocycles. The average Bonchev–Trinajstić information content (AvgIpc) is 2.53. The van der Waals surface area contributed by atoms with Crippen molar-refractivity contribution in [3.63, 3.8) is 0 Å². The fourth-order valence-corrected chi connectivity index (χ4v) is 2.73. The molecular formula is C15H16N4O3. The van der Waals surface area contributed by atoms with E-state index in [0.717, 1.165) is 41.8 Å². The van der Waals surface area contributed by atoms with Crippen LogP contribution in [-0.2, 0) is 4.79 Å². The van der Waals surface area contributed by atoms with Crippen LogP contribution in [0.1, 0.15) is 5.56 Å². The molecule has 1 aliphatic heterocycles. The van der Waals surface area contributed by atoms with Crippen molar-refractivity contribution in [2.75, 3.05) is 31.1 Å². The average molecular weight is 300 g/mol. The zero-order valence-electron chi connectivity index (χ0n) is 12.2. The summed E-state index contributed by atoms with van der Waals surface area (Å²) in [6, 6.07) is 6.62. The number of piperazine rings is 1. The summed E-state index contributed by atoms with van der Waals surface area (Å²) in [4.78, 5) is 29.8.